The lowest BCUT2D eigenvalue weighted by molar-refractivity contribution is -0.140. The minimum absolute atomic E-state index is 0.184. The van der Waals surface area contributed by atoms with E-state index in [1.165, 1.54) is 17.9 Å². The molecule has 4 heterocycles. The van der Waals surface area contributed by atoms with E-state index in [0.717, 1.165) is 30.3 Å². The molecule has 194 valence electrons. The second kappa shape index (κ2) is 9.12. The van der Waals surface area contributed by atoms with Gasteiger partial charge in [0.05, 0.1) is 18.2 Å². The van der Waals surface area contributed by atoms with Gasteiger partial charge in [-0.3, -0.25) is 0 Å². The van der Waals surface area contributed by atoms with Crippen LogP contribution in [0.2, 0.25) is 0 Å². The van der Waals surface area contributed by atoms with Crippen molar-refractivity contribution in [3.8, 4) is 34.5 Å². The lowest BCUT2D eigenvalue weighted by atomic mass is 10.1. The summed E-state index contributed by atoms with van der Waals surface area (Å²) in [7, 11) is 3.08. The molecule has 6 rings (SSSR count). The lowest BCUT2D eigenvalue weighted by Gasteiger charge is -2.13. The molecule has 1 aliphatic carbocycles. The number of nitrogens with zero attached hydrogens (tertiary/aromatic N) is 6. The van der Waals surface area contributed by atoms with Gasteiger partial charge in [-0.25, -0.2) is 19.9 Å². The van der Waals surface area contributed by atoms with Crippen molar-refractivity contribution < 1.29 is 22.6 Å². The highest BCUT2D eigenvalue weighted by atomic mass is 19.4. The fourth-order valence-corrected chi connectivity index (χ4v) is 4.32. The molecule has 5 aromatic rings. The summed E-state index contributed by atoms with van der Waals surface area (Å²) in [6.45, 7) is 0.184. The first-order chi connectivity index (χ1) is 18.3. The number of aromatic nitrogens is 7. The van der Waals surface area contributed by atoms with Gasteiger partial charge in [0.25, 0.3) is 0 Å². The third-order valence-electron chi connectivity index (χ3n) is 6.36. The fraction of sp³-hybridized carbons (Fsp3) is 0.269. The van der Waals surface area contributed by atoms with Crippen LogP contribution in [0.25, 0.3) is 33.8 Å². The van der Waals surface area contributed by atoms with Gasteiger partial charge in [-0.15, -0.1) is 0 Å². The summed E-state index contributed by atoms with van der Waals surface area (Å²) in [5.41, 5.74) is 2.55. The molecular formula is C26H22F3N7O2. The number of aryl methyl sites for hydroxylation is 1. The Labute approximate surface area is 214 Å². The van der Waals surface area contributed by atoms with Gasteiger partial charge in [-0.05, 0) is 24.5 Å². The number of nitrogens with one attached hydrogen (secondary N) is 1. The Balaban J connectivity index is 1.28. The van der Waals surface area contributed by atoms with Crippen molar-refractivity contribution in [2.75, 3.05) is 7.11 Å². The molecule has 0 aliphatic heterocycles. The smallest absolute Gasteiger partial charge is 0.434 e. The zero-order valence-corrected chi connectivity index (χ0v) is 20.5. The first-order valence-electron chi connectivity index (χ1n) is 11.9. The first-order valence-corrected chi connectivity index (χ1v) is 11.9. The molecule has 0 spiro atoms. The van der Waals surface area contributed by atoms with Crippen LogP contribution in [-0.4, -0.2) is 41.6 Å². The van der Waals surface area contributed by atoms with E-state index in [-0.39, 0.29) is 12.4 Å². The predicted molar refractivity (Wildman–Crippen MR) is 131 cm³/mol. The van der Waals surface area contributed by atoms with E-state index in [1.54, 1.807) is 37.6 Å². The Bertz CT molecular complexity index is 1620. The molecule has 0 amide bonds. The number of hydrogen-bond acceptors (Lipinski definition) is 7. The third-order valence-corrected chi connectivity index (χ3v) is 6.36. The van der Waals surface area contributed by atoms with Crippen LogP contribution in [0.5, 0.6) is 11.8 Å². The van der Waals surface area contributed by atoms with Crippen LogP contribution in [0, 0.1) is 0 Å². The molecule has 0 atom stereocenters. The second-order valence-electron chi connectivity index (χ2n) is 9.05. The minimum Gasteiger partial charge on any atom is -0.480 e. The highest BCUT2D eigenvalue weighted by Gasteiger charge is 2.34. The van der Waals surface area contributed by atoms with Gasteiger partial charge in [0, 0.05) is 30.9 Å². The molecule has 1 aromatic carbocycles. The summed E-state index contributed by atoms with van der Waals surface area (Å²) in [6.07, 6.45) is 1.79. The van der Waals surface area contributed by atoms with Gasteiger partial charge in [-0.2, -0.15) is 18.2 Å². The third kappa shape index (κ3) is 4.42. The number of hydrogen-bond donors (Lipinski definition) is 1. The van der Waals surface area contributed by atoms with Crippen LogP contribution in [-0.2, 0) is 19.8 Å². The predicted octanol–water partition coefficient (Wildman–Crippen LogP) is 5.30. The van der Waals surface area contributed by atoms with E-state index >= 15 is 0 Å². The molecule has 4 aromatic heterocycles. The Morgan fingerprint density at radius 1 is 1.03 bits per heavy atom. The highest BCUT2D eigenvalue weighted by Crippen LogP contribution is 2.45. The van der Waals surface area contributed by atoms with E-state index in [1.807, 2.05) is 6.07 Å². The van der Waals surface area contributed by atoms with Crippen molar-refractivity contribution in [2.45, 2.75) is 31.5 Å². The molecule has 1 saturated carbocycles. The average Bonchev–Trinajstić information content (AvgIpc) is 3.51. The summed E-state index contributed by atoms with van der Waals surface area (Å²) in [5, 5.41) is 0.710. The molecule has 0 bridgehead atoms. The van der Waals surface area contributed by atoms with Crippen molar-refractivity contribution in [3.05, 3.63) is 66.0 Å². The van der Waals surface area contributed by atoms with Crippen molar-refractivity contribution >= 4 is 11.0 Å². The van der Waals surface area contributed by atoms with E-state index in [4.69, 9.17) is 14.5 Å². The summed E-state index contributed by atoms with van der Waals surface area (Å²) < 4.78 is 52.1. The van der Waals surface area contributed by atoms with Gasteiger partial charge in [-0.1, -0.05) is 24.3 Å². The zero-order valence-electron chi connectivity index (χ0n) is 20.5. The van der Waals surface area contributed by atoms with Crippen molar-refractivity contribution in [1.29, 1.82) is 0 Å². The number of benzene rings is 1. The second-order valence-corrected chi connectivity index (χ2v) is 9.05. The maximum absolute atomic E-state index is 13.0. The number of rotatable bonds is 7. The van der Waals surface area contributed by atoms with Gasteiger partial charge in [0.2, 0.25) is 11.8 Å². The van der Waals surface area contributed by atoms with Crippen molar-refractivity contribution in [2.24, 2.45) is 7.05 Å². The standard InChI is InChI=1S/C26H22F3N7O2/c1-36-11-18(26(27,28)29)33-23(36)16-5-3-14(4-6-16)12-38-24-17-9-10-30-21(17)34-22(35-24)19-20(15-7-8-15)31-13-32-25(19)37-2/h3-6,9-11,13,15H,7-8,12H2,1-2H3,(H,30,34,35). The fourth-order valence-electron chi connectivity index (χ4n) is 4.32. The highest BCUT2D eigenvalue weighted by molar-refractivity contribution is 5.83. The summed E-state index contributed by atoms with van der Waals surface area (Å²) in [4.78, 5) is 25.0. The van der Waals surface area contributed by atoms with Crippen LogP contribution in [0.15, 0.2) is 49.1 Å². The number of ether oxygens (including phenoxy) is 2. The summed E-state index contributed by atoms with van der Waals surface area (Å²) >= 11 is 0. The maximum Gasteiger partial charge on any atom is 0.434 e. The van der Waals surface area contributed by atoms with Crippen molar-refractivity contribution in [1.82, 2.24) is 34.5 Å². The van der Waals surface area contributed by atoms with Crippen LogP contribution >= 0.6 is 0 Å². The van der Waals surface area contributed by atoms with Crippen LogP contribution in [0.3, 0.4) is 0 Å². The topological polar surface area (TPSA) is 104 Å². The quantitative estimate of drug-likeness (QED) is 0.310. The number of alkyl halides is 3. The van der Waals surface area contributed by atoms with Gasteiger partial charge in [0.15, 0.2) is 11.5 Å². The lowest BCUT2D eigenvalue weighted by Crippen LogP contribution is -2.05. The summed E-state index contributed by atoms with van der Waals surface area (Å²) in [5.74, 6) is 1.72. The Morgan fingerprint density at radius 2 is 1.82 bits per heavy atom. The number of fused-ring (bicyclic) bond motifs is 1. The van der Waals surface area contributed by atoms with Gasteiger partial charge in [0.1, 0.15) is 30.0 Å². The molecule has 0 unspecified atom stereocenters. The summed E-state index contributed by atoms with van der Waals surface area (Å²) in [6, 6.07) is 8.83. The Kier molecular flexibility index (Phi) is 5.73. The maximum atomic E-state index is 13.0. The van der Waals surface area contributed by atoms with Gasteiger partial charge >= 0.3 is 6.18 Å². The van der Waals surface area contributed by atoms with Crippen LogP contribution < -0.4 is 9.47 Å². The number of H-pyrrole nitrogens is 1. The van der Waals surface area contributed by atoms with Gasteiger partial charge < -0.3 is 19.0 Å². The molecule has 12 heteroatoms. The molecule has 9 nitrogen and oxygen atoms in total. The largest absolute Gasteiger partial charge is 0.480 e. The number of imidazole rings is 1. The number of aromatic amines is 1. The minimum atomic E-state index is -4.50. The van der Waals surface area contributed by atoms with E-state index in [9.17, 15) is 13.2 Å². The monoisotopic (exact) mass is 521 g/mol. The molecular weight excluding hydrogens is 499 g/mol. The normalized spacial score (nSPS) is 13.7. The SMILES string of the molecule is COc1ncnc(C2CC2)c1-c1nc(OCc2ccc(-c3nc(C(F)(F)F)cn3C)cc2)c2cc[nH]c2n1. The molecule has 1 fully saturated rings. The molecule has 38 heavy (non-hydrogen) atoms. The molecule has 0 saturated heterocycles. The zero-order chi connectivity index (χ0) is 26.4. The number of methoxy groups -OCH3 is 1. The van der Waals surface area contributed by atoms with Crippen molar-refractivity contribution in [3.63, 3.8) is 0 Å². The van der Waals surface area contributed by atoms with E-state index in [2.05, 4.69) is 24.9 Å². The Hall–Kier alpha value is -4.48. The van der Waals surface area contributed by atoms with E-state index < -0.39 is 11.9 Å². The first kappa shape index (κ1) is 23.9. The number of halogens is 3. The van der Waals surface area contributed by atoms with Crippen LogP contribution in [0.4, 0.5) is 13.2 Å². The Morgan fingerprint density at radius 3 is 2.50 bits per heavy atom. The van der Waals surface area contributed by atoms with Crippen LogP contribution in [0.1, 0.15) is 35.7 Å². The molecule has 1 aliphatic rings. The molecule has 1 N–H and O–H groups in total. The molecule has 0 radical (unpaired) electrons. The average molecular weight is 522 g/mol. The van der Waals surface area contributed by atoms with E-state index in [0.29, 0.717) is 45.7 Å².